The van der Waals surface area contributed by atoms with Crippen molar-refractivity contribution in [2.75, 3.05) is 5.32 Å². The third kappa shape index (κ3) is 3.29. The number of halogens is 2. The summed E-state index contributed by atoms with van der Waals surface area (Å²) in [5.74, 6) is -1.05. The molecule has 27 heavy (non-hydrogen) atoms. The van der Waals surface area contributed by atoms with Crippen LogP contribution in [0.25, 0.3) is 22.4 Å². The smallest absolute Gasteiger partial charge is 0.249 e. The summed E-state index contributed by atoms with van der Waals surface area (Å²) in [4.78, 5) is 12.4. The van der Waals surface area contributed by atoms with Crippen molar-refractivity contribution in [1.82, 2.24) is 14.8 Å². The second kappa shape index (κ2) is 6.64. The van der Waals surface area contributed by atoms with Crippen molar-refractivity contribution in [2.24, 2.45) is 0 Å². The molecule has 6 nitrogen and oxygen atoms in total. The van der Waals surface area contributed by atoms with Crippen LogP contribution in [0.5, 0.6) is 0 Å². The molecule has 2 heterocycles. The number of amides is 1. The monoisotopic (exact) mass is 368 g/mol. The van der Waals surface area contributed by atoms with E-state index in [0.29, 0.717) is 17.3 Å². The standard InChI is InChI=1S/C19H14F2N4O2/c1-11-23-24-19(27-11)14-9-25(17-5-3-2-4-13(14)17)10-18(26)22-16-8-12(20)6-7-15(16)21/h2-9H,10H2,1H3,(H,22,26). The molecule has 0 atom stereocenters. The van der Waals surface area contributed by atoms with Crippen molar-refractivity contribution in [3.05, 3.63) is 66.2 Å². The second-order valence-electron chi connectivity index (χ2n) is 5.99. The number of fused-ring (bicyclic) bond motifs is 1. The van der Waals surface area contributed by atoms with Crippen LogP contribution in [-0.4, -0.2) is 20.7 Å². The fourth-order valence-corrected chi connectivity index (χ4v) is 2.89. The lowest BCUT2D eigenvalue weighted by atomic mass is 10.2. The maximum absolute atomic E-state index is 13.7. The Labute approximate surface area is 152 Å². The Bertz CT molecular complexity index is 1150. The summed E-state index contributed by atoms with van der Waals surface area (Å²) >= 11 is 0. The molecule has 0 saturated heterocycles. The Balaban J connectivity index is 1.66. The van der Waals surface area contributed by atoms with E-state index in [2.05, 4.69) is 15.5 Å². The van der Waals surface area contributed by atoms with Crippen molar-refractivity contribution in [3.63, 3.8) is 0 Å². The number of aromatic nitrogens is 3. The lowest BCUT2D eigenvalue weighted by Gasteiger charge is -2.08. The van der Waals surface area contributed by atoms with Gasteiger partial charge in [0.25, 0.3) is 0 Å². The number of benzene rings is 2. The van der Waals surface area contributed by atoms with E-state index in [1.54, 1.807) is 17.7 Å². The molecular formula is C19H14F2N4O2. The Morgan fingerprint density at radius 1 is 1.19 bits per heavy atom. The van der Waals surface area contributed by atoms with Crippen LogP contribution in [-0.2, 0) is 11.3 Å². The lowest BCUT2D eigenvalue weighted by Crippen LogP contribution is -2.19. The highest BCUT2D eigenvalue weighted by Crippen LogP contribution is 2.29. The third-order valence-corrected chi connectivity index (χ3v) is 4.06. The second-order valence-corrected chi connectivity index (χ2v) is 5.99. The van der Waals surface area contributed by atoms with Gasteiger partial charge in [-0.15, -0.1) is 10.2 Å². The number of nitrogens with one attached hydrogen (secondary N) is 1. The average Bonchev–Trinajstić information content (AvgIpc) is 3.22. The molecule has 8 heteroatoms. The molecule has 4 aromatic rings. The molecule has 1 amide bonds. The van der Waals surface area contributed by atoms with Crippen molar-refractivity contribution in [1.29, 1.82) is 0 Å². The summed E-state index contributed by atoms with van der Waals surface area (Å²) in [6, 6.07) is 10.3. The van der Waals surface area contributed by atoms with Gasteiger partial charge >= 0.3 is 0 Å². The topological polar surface area (TPSA) is 73.0 Å². The quantitative estimate of drug-likeness (QED) is 0.593. The summed E-state index contributed by atoms with van der Waals surface area (Å²) in [6.45, 7) is 1.60. The largest absolute Gasteiger partial charge is 0.421 e. The first-order chi connectivity index (χ1) is 13.0. The number of carbonyl (C=O) groups excluding carboxylic acids is 1. The van der Waals surface area contributed by atoms with Crippen LogP contribution in [0.15, 0.2) is 53.1 Å². The van der Waals surface area contributed by atoms with Crippen LogP contribution in [0.2, 0.25) is 0 Å². The molecule has 0 fully saturated rings. The van der Waals surface area contributed by atoms with Gasteiger partial charge in [-0.3, -0.25) is 4.79 Å². The number of rotatable bonds is 4. The molecule has 0 unspecified atom stereocenters. The first-order valence-electron chi connectivity index (χ1n) is 8.14. The van der Waals surface area contributed by atoms with Gasteiger partial charge in [0.15, 0.2) is 0 Å². The molecule has 1 N–H and O–H groups in total. The SMILES string of the molecule is Cc1nnc(-c2cn(CC(=O)Nc3cc(F)ccc3F)c3ccccc23)o1. The molecule has 0 aliphatic heterocycles. The van der Waals surface area contributed by atoms with Crippen LogP contribution in [0.1, 0.15) is 5.89 Å². The maximum Gasteiger partial charge on any atom is 0.249 e. The molecule has 0 radical (unpaired) electrons. The minimum absolute atomic E-state index is 0.0937. The predicted octanol–water partition coefficient (Wildman–Crippen LogP) is 3.92. The Morgan fingerprint density at radius 3 is 2.78 bits per heavy atom. The predicted molar refractivity (Wildman–Crippen MR) is 95.0 cm³/mol. The van der Waals surface area contributed by atoms with Crippen LogP contribution in [0.4, 0.5) is 14.5 Å². The Hall–Kier alpha value is -3.55. The molecule has 2 aromatic heterocycles. The van der Waals surface area contributed by atoms with Gasteiger partial charge in [0.1, 0.15) is 18.2 Å². The first-order valence-corrected chi connectivity index (χ1v) is 8.14. The van der Waals surface area contributed by atoms with Gasteiger partial charge in [-0.25, -0.2) is 8.78 Å². The fraction of sp³-hybridized carbons (Fsp3) is 0.105. The highest BCUT2D eigenvalue weighted by molar-refractivity contribution is 5.96. The van der Waals surface area contributed by atoms with Crippen LogP contribution in [0.3, 0.4) is 0 Å². The van der Waals surface area contributed by atoms with Gasteiger partial charge in [-0.05, 0) is 18.2 Å². The summed E-state index contributed by atoms with van der Waals surface area (Å²) < 4.78 is 34.2. The highest BCUT2D eigenvalue weighted by atomic mass is 19.1. The van der Waals surface area contributed by atoms with E-state index >= 15 is 0 Å². The number of hydrogen-bond acceptors (Lipinski definition) is 4. The van der Waals surface area contributed by atoms with Crippen molar-refractivity contribution in [2.45, 2.75) is 13.5 Å². The number of anilines is 1. The summed E-state index contributed by atoms with van der Waals surface area (Å²) in [6.07, 6.45) is 1.72. The zero-order valence-electron chi connectivity index (χ0n) is 14.2. The molecule has 136 valence electrons. The molecule has 0 bridgehead atoms. The van der Waals surface area contributed by atoms with E-state index in [1.807, 2.05) is 24.3 Å². The zero-order chi connectivity index (χ0) is 19.0. The number of nitrogens with zero attached hydrogens (tertiary/aromatic N) is 3. The number of carbonyl (C=O) groups is 1. The highest BCUT2D eigenvalue weighted by Gasteiger charge is 2.17. The maximum atomic E-state index is 13.7. The van der Waals surface area contributed by atoms with Crippen LogP contribution < -0.4 is 5.32 Å². The van der Waals surface area contributed by atoms with Gasteiger partial charge in [0, 0.05) is 30.1 Å². The van der Waals surface area contributed by atoms with Crippen LogP contribution >= 0.6 is 0 Å². The molecule has 0 aliphatic carbocycles. The lowest BCUT2D eigenvalue weighted by molar-refractivity contribution is -0.116. The Kier molecular flexibility index (Phi) is 4.15. The van der Waals surface area contributed by atoms with E-state index in [0.717, 1.165) is 29.1 Å². The minimum atomic E-state index is -0.705. The number of aryl methyl sites for hydroxylation is 1. The van der Waals surface area contributed by atoms with E-state index in [-0.39, 0.29) is 12.2 Å². The van der Waals surface area contributed by atoms with Crippen LogP contribution in [0, 0.1) is 18.6 Å². The average molecular weight is 368 g/mol. The van der Waals surface area contributed by atoms with Crippen molar-refractivity contribution < 1.29 is 18.0 Å². The van der Waals surface area contributed by atoms with Crippen molar-refractivity contribution in [3.8, 4) is 11.5 Å². The fourth-order valence-electron chi connectivity index (χ4n) is 2.89. The number of hydrogen-bond donors (Lipinski definition) is 1. The van der Waals surface area contributed by atoms with Gasteiger partial charge < -0.3 is 14.3 Å². The van der Waals surface area contributed by atoms with Gasteiger partial charge in [-0.2, -0.15) is 0 Å². The zero-order valence-corrected chi connectivity index (χ0v) is 14.2. The molecular weight excluding hydrogens is 354 g/mol. The normalized spacial score (nSPS) is 11.1. The molecule has 0 aliphatic rings. The molecule has 0 spiro atoms. The summed E-state index contributed by atoms with van der Waals surface area (Å²) in [5.41, 5.74) is 1.26. The third-order valence-electron chi connectivity index (χ3n) is 4.06. The number of para-hydroxylation sites is 1. The molecule has 4 rings (SSSR count). The Morgan fingerprint density at radius 2 is 2.00 bits per heavy atom. The van der Waals surface area contributed by atoms with E-state index < -0.39 is 17.5 Å². The first kappa shape index (κ1) is 16.9. The summed E-state index contributed by atoms with van der Waals surface area (Å²) in [7, 11) is 0. The summed E-state index contributed by atoms with van der Waals surface area (Å²) in [5, 5.41) is 11.1. The van der Waals surface area contributed by atoms with Crippen molar-refractivity contribution >= 4 is 22.5 Å². The molecule has 2 aromatic carbocycles. The van der Waals surface area contributed by atoms with Gasteiger partial charge in [0.05, 0.1) is 11.3 Å². The van der Waals surface area contributed by atoms with Gasteiger partial charge in [0.2, 0.25) is 17.7 Å². The minimum Gasteiger partial charge on any atom is -0.421 e. The van der Waals surface area contributed by atoms with E-state index in [1.165, 1.54) is 0 Å². The van der Waals surface area contributed by atoms with E-state index in [9.17, 15) is 13.6 Å². The van der Waals surface area contributed by atoms with Gasteiger partial charge in [-0.1, -0.05) is 18.2 Å². The molecule has 0 saturated carbocycles. The van der Waals surface area contributed by atoms with E-state index in [4.69, 9.17) is 4.42 Å².